The number of pyridine rings is 1. The summed E-state index contributed by atoms with van der Waals surface area (Å²) in [7, 11) is 0. The Morgan fingerprint density at radius 3 is 2.37 bits per heavy atom. The third-order valence-electron chi connectivity index (χ3n) is 5.62. The van der Waals surface area contributed by atoms with Crippen molar-refractivity contribution in [2.75, 3.05) is 30.7 Å². The van der Waals surface area contributed by atoms with Gasteiger partial charge in [0.1, 0.15) is 17.5 Å². The summed E-state index contributed by atoms with van der Waals surface area (Å²) in [5.41, 5.74) is 1.83. The highest BCUT2D eigenvalue weighted by Crippen LogP contribution is 2.35. The summed E-state index contributed by atoms with van der Waals surface area (Å²) in [5.74, 6) is -0.268. The lowest BCUT2D eigenvalue weighted by Crippen LogP contribution is -2.51. The maximum absolute atomic E-state index is 12.8. The Balaban J connectivity index is 1.80. The first-order valence-electron chi connectivity index (χ1n) is 11.0. The first-order chi connectivity index (χ1) is 16.0. The summed E-state index contributed by atoms with van der Waals surface area (Å²) in [5, 5.41) is 7.11. The Kier molecular flexibility index (Phi) is 7.85. The average Bonchev–Trinajstić information content (AvgIpc) is 2.74. The monoisotopic (exact) mass is 522 g/mol. The molecule has 1 aromatic heterocycles. The van der Waals surface area contributed by atoms with Gasteiger partial charge in [-0.1, -0.05) is 20.8 Å². The van der Waals surface area contributed by atoms with Crippen LogP contribution in [0.25, 0.3) is 10.9 Å². The van der Waals surface area contributed by atoms with E-state index < -0.39 is 35.5 Å². The summed E-state index contributed by atoms with van der Waals surface area (Å²) in [4.78, 5) is 17.3. The van der Waals surface area contributed by atoms with E-state index >= 15 is 0 Å². The molecular weight excluding hydrogens is 494 g/mol. The summed E-state index contributed by atoms with van der Waals surface area (Å²) in [6.45, 7) is 6.20. The van der Waals surface area contributed by atoms with Crippen molar-refractivity contribution in [1.29, 1.82) is 0 Å². The van der Waals surface area contributed by atoms with Crippen LogP contribution in [0.2, 0.25) is 0 Å². The largest absolute Gasteiger partial charge is 0.405 e. The fraction of sp³-hybridized carbons (Fsp3) is 0.565. The molecule has 2 atom stereocenters. The molecule has 0 radical (unpaired) electrons. The second-order valence-corrected chi connectivity index (χ2v) is 10.9. The van der Waals surface area contributed by atoms with Crippen molar-refractivity contribution >= 4 is 34.3 Å². The van der Waals surface area contributed by atoms with Crippen molar-refractivity contribution in [1.82, 2.24) is 15.6 Å². The third kappa shape index (κ3) is 7.16. The number of nitrogens with one attached hydrogen (secondary N) is 3. The van der Waals surface area contributed by atoms with Crippen LogP contribution in [0, 0.1) is 6.92 Å². The molecule has 2 heterocycles. The quantitative estimate of drug-likeness (QED) is 0.473. The molecule has 1 unspecified atom stereocenters. The molecule has 35 heavy (non-hydrogen) atoms. The Hall–Kier alpha value is -2.21. The van der Waals surface area contributed by atoms with Crippen LogP contribution in [0.3, 0.4) is 0 Å². The van der Waals surface area contributed by atoms with Crippen LogP contribution in [0.4, 0.5) is 32.0 Å². The first-order valence-corrected chi connectivity index (χ1v) is 12.1. The van der Waals surface area contributed by atoms with E-state index in [-0.39, 0.29) is 30.6 Å². The molecule has 0 aliphatic carbocycles. The standard InChI is InChI=1S/C23H28F6N4OS/c1-12-5-17(20(34)31-8-14-10-35-18(9-30-14)23(27,28)29)33-19-15(12)6-13(32-11-22(24,25)26)7-16(19)21(2,3)4/h5-7,14,18,30,32H,8-11H2,1-4H3,(H,31,34)/t14-,18?/m1/s1. The van der Waals surface area contributed by atoms with E-state index in [1.165, 1.54) is 0 Å². The van der Waals surface area contributed by atoms with Gasteiger partial charge in [0.05, 0.1) is 5.52 Å². The minimum Gasteiger partial charge on any atom is -0.376 e. The fourth-order valence-electron chi connectivity index (χ4n) is 3.76. The minimum atomic E-state index is -4.37. The van der Waals surface area contributed by atoms with Gasteiger partial charge in [0.15, 0.2) is 0 Å². The number of alkyl halides is 6. The van der Waals surface area contributed by atoms with Gasteiger partial charge in [0, 0.05) is 36.0 Å². The molecule has 2 aromatic rings. The van der Waals surface area contributed by atoms with E-state index in [2.05, 4.69) is 20.9 Å². The molecule has 194 valence electrons. The summed E-state index contributed by atoms with van der Waals surface area (Å²) < 4.78 is 76.6. The molecule has 0 spiro atoms. The fourth-order valence-corrected chi connectivity index (χ4v) is 4.86. The number of aromatic nitrogens is 1. The molecule has 1 fully saturated rings. The number of benzene rings is 1. The lowest BCUT2D eigenvalue weighted by Gasteiger charge is -2.30. The number of hydrogen-bond acceptors (Lipinski definition) is 5. The highest BCUT2D eigenvalue weighted by molar-refractivity contribution is 8.00. The SMILES string of the molecule is Cc1cc(C(=O)NC[C@@H]2CSC(C(F)(F)F)CN2)nc2c(C(C)(C)C)cc(NCC(F)(F)F)cc12. The second-order valence-electron chi connectivity index (χ2n) is 9.64. The van der Waals surface area contributed by atoms with Crippen molar-refractivity contribution in [3.8, 4) is 0 Å². The van der Waals surface area contributed by atoms with Crippen molar-refractivity contribution in [3.63, 3.8) is 0 Å². The molecule has 3 N–H and O–H groups in total. The van der Waals surface area contributed by atoms with Crippen LogP contribution in [0.5, 0.6) is 0 Å². The van der Waals surface area contributed by atoms with E-state index in [0.717, 1.165) is 11.8 Å². The van der Waals surface area contributed by atoms with Gasteiger partial charge in [-0.3, -0.25) is 4.79 Å². The first kappa shape index (κ1) is 27.4. The van der Waals surface area contributed by atoms with Crippen molar-refractivity contribution < 1.29 is 31.1 Å². The molecule has 3 rings (SSSR count). The van der Waals surface area contributed by atoms with Crippen LogP contribution < -0.4 is 16.0 Å². The maximum Gasteiger partial charge on any atom is 0.405 e. The molecule has 12 heteroatoms. The predicted octanol–water partition coefficient (Wildman–Crippen LogP) is 5.18. The second kappa shape index (κ2) is 10.0. The van der Waals surface area contributed by atoms with E-state index in [9.17, 15) is 31.1 Å². The number of aryl methyl sites for hydroxylation is 1. The van der Waals surface area contributed by atoms with Crippen LogP contribution >= 0.6 is 11.8 Å². The molecule has 1 saturated heterocycles. The molecule has 1 amide bonds. The lowest BCUT2D eigenvalue weighted by molar-refractivity contribution is -0.128. The van der Waals surface area contributed by atoms with E-state index in [4.69, 9.17) is 0 Å². The van der Waals surface area contributed by atoms with Crippen LogP contribution in [-0.2, 0) is 5.41 Å². The molecule has 0 bridgehead atoms. The Bertz CT molecular complexity index is 1070. The topological polar surface area (TPSA) is 66.0 Å². The number of carbonyl (C=O) groups is 1. The van der Waals surface area contributed by atoms with E-state index in [1.54, 1.807) is 25.1 Å². The number of thioether (sulfide) groups is 1. The van der Waals surface area contributed by atoms with Gasteiger partial charge >= 0.3 is 12.4 Å². The van der Waals surface area contributed by atoms with Gasteiger partial charge in [-0.05, 0) is 41.7 Å². The Morgan fingerprint density at radius 1 is 1.14 bits per heavy atom. The number of halogens is 6. The summed E-state index contributed by atoms with van der Waals surface area (Å²) in [6, 6.07) is 4.44. The minimum absolute atomic E-state index is 0.133. The number of hydrogen-bond donors (Lipinski definition) is 3. The van der Waals surface area contributed by atoms with Crippen molar-refractivity contribution in [2.24, 2.45) is 0 Å². The van der Waals surface area contributed by atoms with Crippen LogP contribution in [0.1, 0.15) is 42.4 Å². The number of anilines is 1. The van der Waals surface area contributed by atoms with Crippen LogP contribution in [-0.4, -0.2) is 59.9 Å². The zero-order chi connectivity index (χ0) is 26.2. The summed E-state index contributed by atoms with van der Waals surface area (Å²) >= 11 is 0.811. The molecule has 0 saturated carbocycles. The smallest absolute Gasteiger partial charge is 0.376 e. The zero-order valence-corrected chi connectivity index (χ0v) is 20.6. The van der Waals surface area contributed by atoms with Crippen molar-refractivity contribution in [3.05, 3.63) is 35.0 Å². The molecule has 1 aliphatic heterocycles. The van der Waals surface area contributed by atoms with Crippen molar-refractivity contribution in [2.45, 2.75) is 56.8 Å². The third-order valence-corrected chi connectivity index (χ3v) is 7.05. The molecule has 1 aromatic carbocycles. The summed E-state index contributed by atoms with van der Waals surface area (Å²) in [6.07, 6.45) is -8.64. The van der Waals surface area contributed by atoms with Gasteiger partial charge in [0.25, 0.3) is 5.91 Å². The van der Waals surface area contributed by atoms with Gasteiger partial charge in [-0.2, -0.15) is 26.3 Å². The number of nitrogens with zero attached hydrogens (tertiary/aromatic N) is 1. The van der Waals surface area contributed by atoms with Gasteiger partial charge < -0.3 is 16.0 Å². The highest BCUT2D eigenvalue weighted by atomic mass is 32.2. The average molecular weight is 523 g/mol. The van der Waals surface area contributed by atoms with Gasteiger partial charge in [-0.25, -0.2) is 4.98 Å². The maximum atomic E-state index is 12.8. The predicted molar refractivity (Wildman–Crippen MR) is 126 cm³/mol. The zero-order valence-electron chi connectivity index (χ0n) is 19.7. The van der Waals surface area contributed by atoms with E-state index in [0.29, 0.717) is 27.7 Å². The van der Waals surface area contributed by atoms with Crippen LogP contribution in [0.15, 0.2) is 18.2 Å². The highest BCUT2D eigenvalue weighted by Gasteiger charge is 2.42. The lowest BCUT2D eigenvalue weighted by atomic mass is 9.84. The Morgan fingerprint density at radius 2 is 1.83 bits per heavy atom. The number of fused-ring (bicyclic) bond motifs is 1. The van der Waals surface area contributed by atoms with Gasteiger partial charge in [0.2, 0.25) is 0 Å². The van der Waals surface area contributed by atoms with E-state index in [1.807, 2.05) is 20.8 Å². The molecular formula is C23H28F6N4OS. The number of rotatable bonds is 5. The Labute approximate surface area is 203 Å². The molecule has 1 aliphatic rings. The number of carbonyl (C=O) groups excluding carboxylic acids is 1. The molecule has 5 nitrogen and oxygen atoms in total. The number of amides is 1. The normalized spacial score (nSPS) is 19.6. The van der Waals surface area contributed by atoms with Gasteiger partial charge in [-0.15, -0.1) is 11.8 Å².